The molecule has 0 spiro atoms. The van der Waals surface area contributed by atoms with Crippen molar-refractivity contribution in [1.29, 1.82) is 0 Å². The van der Waals surface area contributed by atoms with Crippen LogP contribution < -0.4 is 5.11 Å². The van der Waals surface area contributed by atoms with Crippen LogP contribution in [0.1, 0.15) is 65.2 Å². The van der Waals surface area contributed by atoms with E-state index in [1.54, 1.807) is 19.1 Å². The summed E-state index contributed by atoms with van der Waals surface area (Å²) in [7, 11) is 0. The maximum absolute atomic E-state index is 12.4. The van der Waals surface area contributed by atoms with Crippen molar-refractivity contribution < 1.29 is 31.7 Å². The van der Waals surface area contributed by atoms with Gasteiger partial charge >= 0.3 is 23.0 Å². The molecular formula is C24H34FeO3. The van der Waals surface area contributed by atoms with Gasteiger partial charge in [0.2, 0.25) is 0 Å². The van der Waals surface area contributed by atoms with Gasteiger partial charge in [0.1, 0.15) is 0 Å². The van der Waals surface area contributed by atoms with E-state index in [2.05, 4.69) is 6.92 Å². The average molecular weight is 426 g/mol. The van der Waals surface area contributed by atoms with E-state index in [1.807, 2.05) is 42.5 Å². The summed E-state index contributed by atoms with van der Waals surface area (Å²) >= 11 is 0. The van der Waals surface area contributed by atoms with Crippen LogP contribution in [0.4, 0.5) is 0 Å². The summed E-state index contributed by atoms with van der Waals surface area (Å²) in [6.07, 6.45) is 16.0. The number of rotatable bonds is 11. The predicted molar refractivity (Wildman–Crippen MR) is 110 cm³/mol. The molecule has 1 aromatic rings. The number of esters is 1. The van der Waals surface area contributed by atoms with Gasteiger partial charge in [-0.05, 0) is 18.9 Å². The monoisotopic (exact) mass is 426 g/mol. The molecule has 1 unspecified atom stereocenters. The Morgan fingerprint density at radius 3 is 2.07 bits per heavy atom. The Bertz CT molecular complexity index is 554. The standard InChI is InChI=1S/C19H30O3.C5H5.Fe/c1-3-5-6-7-8-9-10-15-17(19(21)22-4-2)18(20)16-13-11-12-14-16;1-2-4-5-3-1;/h11-14,17,20H,3-10,15H2,1-2H3;1-5H;/q;-1;+2/p-1. The first-order valence-electron chi connectivity index (χ1n) is 10.3. The molecule has 0 saturated carbocycles. The van der Waals surface area contributed by atoms with Gasteiger partial charge in [0.25, 0.3) is 0 Å². The molecule has 4 heteroatoms. The fourth-order valence-corrected chi connectivity index (χ4v) is 2.96. The van der Waals surface area contributed by atoms with Gasteiger partial charge in [0.15, 0.2) is 0 Å². The van der Waals surface area contributed by atoms with Crippen molar-refractivity contribution in [3.8, 4) is 0 Å². The second-order valence-corrected chi connectivity index (χ2v) is 6.71. The maximum atomic E-state index is 12.4. The second kappa shape index (κ2) is 17.5. The van der Waals surface area contributed by atoms with E-state index >= 15 is 0 Å². The third-order valence-corrected chi connectivity index (χ3v) is 4.49. The number of ether oxygens (including phenoxy) is 1. The molecule has 28 heavy (non-hydrogen) atoms. The minimum atomic E-state index is -0.641. The van der Waals surface area contributed by atoms with Crippen LogP contribution in [0.5, 0.6) is 0 Å². The quantitative estimate of drug-likeness (QED) is 0.155. The molecule has 2 rings (SSSR count). The minimum Gasteiger partial charge on any atom is -0.874 e. The first-order valence-corrected chi connectivity index (χ1v) is 10.3. The molecule has 0 aliphatic heterocycles. The van der Waals surface area contributed by atoms with Crippen molar-refractivity contribution >= 4 is 5.97 Å². The van der Waals surface area contributed by atoms with Crippen molar-refractivity contribution in [1.82, 2.24) is 0 Å². The molecule has 1 atom stereocenters. The second-order valence-electron chi connectivity index (χ2n) is 6.71. The van der Waals surface area contributed by atoms with Gasteiger partial charge in [0.05, 0.1) is 12.5 Å². The minimum absolute atomic E-state index is 0. The van der Waals surface area contributed by atoms with Crippen LogP contribution in [0.15, 0.2) is 66.0 Å². The van der Waals surface area contributed by atoms with Gasteiger partial charge in [-0.15, -0.1) is 5.76 Å². The van der Waals surface area contributed by atoms with Gasteiger partial charge in [-0.3, -0.25) is 4.79 Å². The van der Waals surface area contributed by atoms with Crippen LogP contribution in [0, 0.1) is 5.92 Å². The van der Waals surface area contributed by atoms with Crippen LogP contribution in [-0.4, -0.2) is 12.6 Å². The topological polar surface area (TPSA) is 49.4 Å². The summed E-state index contributed by atoms with van der Waals surface area (Å²) in [5.41, 5.74) is 0.612. The molecule has 3 nitrogen and oxygen atoms in total. The predicted octanol–water partition coefficient (Wildman–Crippen LogP) is 5.45. The molecule has 1 aliphatic rings. The Labute approximate surface area is 181 Å². The zero-order chi connectivity index (χ0) is 19.7. The third-order valence-electron chi connectivity index (χ3n) is 4.49. The Morgan fingerprint density at radius 1 is 1.00 bits per heavy atom. The Kier molecular flexibility index (Phi) is 16.4. The van der Waals surface area contributed by atoms with E-state index in [-0.39, 0.29) is 28.8 Å². The van der Waals surface area contributed by atoms with Crippen LogP contribution in [0.3, 0.4) is 0 Å². The van der Waals surface area contributed by atoms with Crippen molar-refractivity contribution in [2.24, 2.45) is 5.92 Å². The Balaban J connectivity index is 0.00000105. The van der Waals surface area contributed by atoms with E-state index in [1.165, 1.54) is 32.1 Å². The largest absolute Gasteiger partial charge is 2.00 e. The third kappa shape index (κ3) is 11.3. The van der Waals surface area contributed by atoms with Crippen LogP contribution in [0.2, 0.25) is 0 Å². The van der Waals surface area contributed by atoms with E-state index in [0.29, 0.717) is 18.6 Å². The Morgan fingerprint density at radius 2 is 1.57 bits per heavy atom. The number of hydrogen-bond acceptors (Lipinski definition) is 3. The smallest absolute Gasteiger partial charge is 0.874 e. The first kappa shape index (κ1) is 26.4. The average Bonchev–Trinajstić information content (AvgIpc) is 3.40. The molecular weight excluding hydrogens is 392 g/mol. The molecule has 0 aromatic heterocycles. The van der Waals surface area contributed by atoms with E-state index in [4.69, 9.17) is 4.74 Å². The van der Waals surface area contributed by atoms with Crippen molar-refractivity contribution in [3.05, 3.63) is 66.0 Å². The van der Waals surface area contributed by atoms with Crippen molar-refractivity contribution in [2.45, 2.75) is 65.2 Å². The molecule has 1 aromatic carbocycles. The number of hydrogen-bond donors (Lipinski definition) is 0. The molecule has 0 amide bonds. The SMILES string of the molecule is CCCCCCCCCC(C(=O)OCC)C([O-])=C1C=CC=C1.[Fe+2].c1cc[cH-]c1. The molecule has 0 N–H and O–H groups in total. The van der Waals surface area contributed by atoms with E-state index in [0.717, 1.165) is 12.8 Å². The van der Waals surface area contributed by atoms with E-state index in [9.17, 15) is 9.90 Å². The van der Waals surface area contributed by atoms with Crippen LogP contribution >= 0.6 is 0 Å². The summed E-state index contributed by atoms with van der Waals surface area (Å²) < 4.78 is 5.07. The van der Waals surface area contributed by atoms with Gasteiger partial charge in [0, 0.05) is 0 Å². The summed E-state index contributed by atoms with van der Waals surface area (Å²) in [5.74, 6) is -1.12. The molecule has 0 bridgehead atoms. The van der Waals surface area contributed by atoms with Crippen LogP contribution in [0.25, 0.3) is 0 Å². The van der Waals surface area contributed by atoms with Gasteiger partial charge < -0.3 is 9.84 Å². The van der Waals surface area contributed by atoms with Crippen molar-refractivity contribution in [3.63, 3.8) is 0 Å². The van der Waals surface area contributed by atoms with Gasteiger partial charge in [-0.25, -0.2) is 12.1 Å². The zero-order valence-corrected chi connectivity index (χ0v) is 18.3. The number of carbonyl (C=O) groups is 1. The molecule has 0 saturated heterocycles. The molecule has 0 heterocycles. The first-order chi connectivity index (χ1) is 13.2. The summed E-state index contributed by atoms with van der Waals surface area (Å²) in [5, 5.41) is 12.4. The summed E-state index contributed by atoms with van der Waals surface area (Å²) in [6, 6.07) is 10.0. The summed E-state index contributed by atoms with van der Waals surface area (Å²) in [4.78, 5) is 12.0. The fourth-order valence-electron chi connectivity index (χ4n) is 2.96. The van der Waals surface area contributed by atoms with Crippen LogP contribution in [-0.2, 0) is 26.6 Å². The zero-order valence-electron chi connectivity index (χ0n) is 17.2. The number of carbonyl (C=O) groups excluding carboxylic acids is 1. The molecule has 156 valence electrons. The molecule has 0 fully saturated rings. The normalized spacial score (nSPS) is 12.7. The van der Waals surface area contributed by atoms with Crippen molar-refractivity contribution in [2.75, 3.05) is 6.61 Å². The fraction of sp³-hybridized carbons (Fsp3) is 0.500. The Hall–Kier alpha value is -1.64. The van der Waals surface area contributed by atoms with Gasteiger partial charge in [-0.1, -0.05) is 76.2 Å². The maximum Gasteiger partial charge on any atom is 2.00 e. The van der Waals surface area contributed by atoms with E-state index < -0.39 is 5.92 Å². The molecule has 1 aliphatic carbocycles. The molecule has 0 radical (unpaired) electrons. The van der Waals surface area contributed by atoms with Gasteiger partial charge in [-0.2, -0.15) is 18.2 Å². The number of unbranched alkanes of at least 4 members (excludes halogenated alkanes) is 6. The number of allylic oxidation sites excluding steroid dienone is 5. The summed E-state index contributed by atoms with van der Waals surface area (Å²) in [6.45, 7) is 4.30.